The molecule has 0 saturated carbocycles. The van der Waals surface area contributed by atoms with Crippen molar-refractivity contribution in [3.63, 3.8) is 0 Å². The maximum Gasteiger partial charge on any atom is 0.256 e. The van der Waals surface area contributed by atoms with Crippen molar-refractivity contribution in [2.24, 2.45) is 0 Å². The molecule has 8 heteroatoms. The lowest BCUT2D eigenvalue weighted by atomic mass is 10.2. The quantitative estimate of drug-likeness (QED) is 0.581. The highest BCUT2D eigenvalue weighted by Gasteiger charge is 2.07. The smallest absolute Gasteiger partial charge is 0.256 e. The predicted molar refractivity (Wildman–Crippen MR) is 103 cm³/mol. The van der Waals surface area contributed by atoms with Crippen molar-refractivity contribution < 1.29 is 18.7 Å². The molecular formula is C20H19FN4O3. The van der Waals surface area contributed by atoms with Crippen LogP contribution < -0.4 is 20.1 Å². The number of hydrogen-bond acceptors (Lipinski definition) is 6. The molecule has 28 heavy (non-hydrogen) atoms. The first-order valence-corrected chi connectivity index (χ1v) is 8.55. The Hall–Kier alpha value is -3.68. The van der Waals surface area contributed by atoms with Gasteiger partial charge in [0.15, 0.2) is 5.82 Å². The van der Waals surface area contributed by atoms with E-state index in [2.05, 4.69) is 20.8 Å². The number of methoxy groups -OCH3 is 1. The molecule has 0 atom stereocenters. The Balaban J connectivity index is 1.43. The molecule has 0 spiro atoms. The van der Waals surface area contributed by atoms with Crippen molar-refractivity contribution in [2.45, 2.75) is 0 Å². The monoisotopic (exact) mass is 382 g/mol. The van der Waals surface area contributed by atoms with Gasteiger partial charge in [-0.25, -0.2) is 4.39 Å². The molecule has 1 amide bonds. The third kappa shape index (κ3) is 5.41. The van der Waals surface area contributed by atoms with Gasteiger partial charge in [-0.05, 0) is 60.7 Å². The number of nitrogens with zero attached hydrogens (tertiary/aromatic N) is 2. The molecule has 0 aliphatic heterocycles. The molecule has 7 nitrogen and oxygen atoms in total. The van der Waals surface area contributed by atoms with Crippen LogP contribution in [0.25, 0.3) is 0 Å². The highest BCUT2D eigenvalue weighted by molar-refractivity contribution is 6.03. The fourth-order valence-corrected chi connectivity index (χ4v) is 2.30. The zero-order valence-electron chi connectivity index (χ0n) is 15.2. The van der Waals surface area contributed by atoms with Crippen LogP contribution in [0.3, 0.4) is 0 Å². The molecule has 2 aromatic carbocycles. The summed E-state index contributed by atoms with van der Waals surface area (Å²) in [5.74, 6) is 1.58. The molecule has 0 aliphatic carbocycles. The Kier molecular flexibility index (Phi) is 6.35. The van der Waals surface area contributed by atoms with Crippen LogP contribution in [0.5, 0.6) is 11.5 Å². The standard InChI is InChI=1S/C20H19FN4O3/c1-27-16-6-8-17(9-7-16)28-13-12-22-18-10-11-19(25-24-18)23-20(26)14-2-4-15(21)5-3-14/h2-11H,12-13H2,1H3,(H,22,24)(H,23,25,26). The number of aromatic nitrogens is 2. The minimum atomic E-state index is -0.400. The van der Waals surface area contributed by atoms with E-state index < -0.39 is 5.82 Å². The molecule has 3 rings (SSSR count). The van der Waals surface area contributed by atoms with E-state index >= 15 is 0 Å². The zero-order valence-corrected chi connectivity index (χ0v) is 15.2. The van der Waals surface area contributed by atoms with Gasteiger partial charge in [-0.3, -0.25) is 4.79 Å². The van der Waals surface area contributed by atoms with Gasteiger partial charge in [0.2, 0.25) is 0 Å². The third-order valence-corrected chi connectivity index (χ3v) is 3.75. The van der Waals surface area contributed by atoms with Gasteiger partial charge in [-0.2, -0.15) is 0 Å². The van der Waals surface area contributed by atoms with Crippen LogP contribution in [0.4, 0.5) is 16.0 Å². The molecule has 0 radical (unpaired) electrons. The molecule has 2 N–H and O–H groups in total. The second-order valence-electron chi connectivity index (χ2n) is 5.72. The van der Waals surface area contributed by atoms with E-state index in [4.69, 9.17) is 9.47 Å². The Morgan fingerprint density at radius 1 is 0.929 bits per heavy atom. The fraction of sp³-hybridized carbons (Fsp3) is 0.150. The van der Waals surface area contributed by atoms with Crippen LogP contribution in [0.2, 0.25) is 0 Å². The van der Waals surface area contributed by atoms with Crippen molar-refractivity contribution >= 4 is 17.5 Å². The Labute approximate surface area is 161 Å². The summed E-state index contributed by atoms with van der Waals surface area (Å²) in [5.41, 5.74) is 0.334. The number of amides is 1. The number of rotatable bonds is 8. The van der Waals surface area contributed by atoms with Gasteiger partial charge in [-0.15, -0.1) is 10.2 Å². The van der Waals surface area contributed by atoms with Crippen molar-refractivity contribution in [3.8, 4) is 11.5 Å². The molecule has 0 fully saturated rings. The van der Waals surface area contributed by atoms with Gasteiger partial charge < -0.3 is 20.1 Å². The Morgan fingerprint density at radius 3 is 2.21 bits per heavy atom. The van der Waals surface area contributed by atoms with Crippen molar-refractivity contribution in [2.75, 3.05) is 30.9 Å². The number of carbonyl (C=O) groups excluding carboxylic acids is 1. The normalized spacial score (nSPS) is 10.2. The minimum absolute atomic E-state index is 0.300. The molecule has 1 aromatic heterocycles. The average Bonchev–Trinajstić information content (AvgIpc) is 2.73. The summed E-state index contributed by atoms with van der Waals surface area (Å²) < 4.78 is 23.6. The largest absolute Gasteiger partial charge is 0.497 e. The summed E-state index contributed by atoms with van der Waals surface area (Å²) in [6.45, 7) is 0.971. The van der Waals surface area contributed by atoms with E-state index in [1.54, 1.807) is 19.2 Å². The van der Waals surface area contributed by atoms with Crippen LogP contribution in [0.15, 0.2) is 60.7 Å². The lowest BCUT2D eigenvalue weighted by molar-refractivity contribution is 0.102. The lowest BCUT2D eigenvalue weighted by Crippen LogP contribution is -2.15. The number of ether oxygens (including phenoxy) is 2. The first-order chi connectivity index (χ1) is 13.6. The second-order valence-corrected chi connectivity index (χ2v) is 5.72. The Morgan fingerprint density at radius 2 is 1.57 bits per heavy atom. The van der Waals surface area contributed by atoms with Gasteiger partial charge in [0.1, 0.15) is 29.7 Å². The van der Waals surface area contributed by atoms with Crippen molar-refractivity contribution in [3.05, 3.63) is 72.0 Å². The van der Waals surface area contributed by atoms with Crippen LogP contribution in [0, 0.1) is 5.82 Å². The van der Waals surface area contributed by atoms with Gasteiger partial charge in [0, 0.05) is 5.56 Å². The SMILES string of the molecule is COc1ccc(OCCNc2ccc(NC(=O)c3ccc(F)cc3)nn2)cc1. The summed E-state index contributed by atoms with van der Waals surface area (Å²) in [6, 6.07) is 15.9. The van der Waals surface area contributed by atoms with E-state index in [9.17, 15) is 9.18 Å². The van der Waals surface area contributed by atoms with Crippen LogP contribution in [0.1, 0.15) is 10.4 Å². The van der Waals surface area contributed by atoms with E-state index in [-0.39, 0.29) is 5.91 Å². The number of carbonyl (C=O) groups is 1. The molecule has 1 heterocycles. The fourth-order valence-electron chi connectivity index (χ4n) is 2.30. The molecular weight excluding hydrogens is 363 g/mol. The first-order valence-electron chi connectivity index (χ1n) is 8.55. The number of benzene rings is 2. The molecule has 0 saturated heterocycles. The highest BCUT2D eigenvalue weighted by Crippen LogP contribution is 2.16. The topological polar surface area (TPSA) is 85.4 Å². The lowest BCUT2D eigenvalue weighted by Gasteiger charge is -2.09. The number of anilines is 2. The summed E-state index contributed by atoms with van der Waals surface area (Å²) in [6.07, 6.45) is 0. The summed E-state index contributed by atoms with van der Waals surface area (Å²) in [4.78, 5) is 12.1. The minimum Gasteiger partial charge on any atom is -0.497 e. The van der Waals surface area contributed by atoms with Crippen LogP contribution >= 0.6 is 0 Å². The van der Waals surface area contributed by atoms with Gasteiger partial charge in [0.25, 0.3) is 5.91 Å². The molecule has 3 aromatic rings. The number of halogens is 1. The zero-order chi connectivity index (χ0) is 19.8. The molecule has 144 valence electrons. The Bertz CT molecular complexity index is 900. The highest BCUT2D eigenvalue weighted by atomic mass is 19.1. The second kappa shape index (κ2) is 9.31. The summed E-state index contributed by atoms with van der Waals surface area (Å²) >= 11 is 0. The van der Waals surface area contributed by atoms with Gasteiger partial charge in [-0.1, -0.05) is 0 Å². The van der Waals surface area contributed by atoms with Crippen LogP contribution in [-0.4, -0.2) is 36.4 Å². The average molecular weight is 382 g/mol. The molecule has 0 aliphatic rings. The van der Waals surface area contributed by atoms with Gasteiger partial charge in [0.05, 0.1) is 13.7 Å². The number of nitrogens with one attached hydrogen (secondary N) is 2. The van der Waals surface area contributed by atoms with Gasteiger partial charge >= 0.3 is 0 Å². The summed E-state index contributed by atoms with van der Waals surface area (Å²) in [5, 5.41) is 13.6. The third-order valence-electron chi connectivity index (χ3n) is 3.75. The summed E-state index contributed by atoms with van der Waals surface area (Å²) in [7, 11) is 1.61. The molecule has 0 unspecified atom stereocenters. The maximum absolute atomic E-state index is 12.9. The van der Waals surface area contributed by atoms with E-state index in [1.807, 2.05) is 24.3 Å². The maximum atomic E-state index is 12.9. The van der Waals surface area contributed by atoms with E-state index in [1.165, 1.54) is 24.3 Å². The first kappa shape index (κ1) is 19.1. The van der Waals surface area contributed by atoms with Crippen LogP contribution in [-0.2, 0) is 0 Å². The van der Waals surface area contributed by atoms with E-state index in [0.717, 1.165) is 11.5 Å². The van der Waals surface area contributed by atoms with Crippen molar-refractivity contribution in [1.82, 2.24) is 10.2 Å². The predicted octanol–water partition coefficient (Wildman–Crippen LogP) is 3.37. The van der Waals surface area contributed by atoms with Crippen molar-refractivity contribution in [1.29, 1.82) is 0 Å². The molecule has 0 bridgehead atoms. The van der Waals surface area contributed by atoms with E-state index in [0.29, 0.717) is 30.4 Å². The number of hydrogen-bond donors (Lipinski definition) is 2.